The van der Waals surface area contributed by atoms with Gasteiger partial charge < -0.3 is 14.0 Å². The quantitative estimate of drug-likeness (QED) is 0.868. The molecule has 0 unspecified atom stereocenters. The minimum atomic E-state index is 0.409. The number of likely N-dealkylation sites (tertiary alicyclic amines) is 1. The largest absolute Gasteiger partial charge is 0.497 e. The molecule has 1 aromatic heterocycles. The van der Waals surface area contributed by atoms with Crippen molar-refractivity contribution >= 4 is 10.9 Å². The van der Waals surface area contributed by atoms with Gasteiger partial charge in [-0.1, -0.05) is 0 Å². The van der Waals surface area contributed by atoms with Gasteiger partial charge in [0, 0.05) is 47.7 Å². The lowest BCUT2D eigenvalue weighted by molar-refractivity contribution is -0.203. The number of aromatic nitrogens is 1. The van der Waals surface area contributed by atoms with Crippen molar-refractivity contribution < 1.29 is 9.47 Å². The molecular weight excluding hydrogens is 276 g/mol. The zero-order chi connectivity index (χ0) is 14.8. The number of benzene rings is 1. The number of hydrogen-bond acceptors (Lipinski definition) is 3. The number of methoxy groups -OCH3 is 1. The van der Waals surface area contributed by atoms with Crippen LogP contribution in [-0.2, 0) is 11.3 Å². The predicted molar refractivity (Wildman–Crippen MR) is 85.3 cm³/mol. The minimum Gasteiger partial charge on any atom is -0.497 e. The summed E-state index contributed by atoms with van der Waals surface area (Å²) in [6, 6.07) is 8.56. The Balaban J connectivity index is 1.37. The van der Waals surface area contributed by atoms with Crippen molar-refractivity contribution in [1.82, 2.24) is 9.47 Å². The van der Waals surface area contributed by atoms with Crippen molar-refractivity contribution in [2.24, 2.45) is 5.41 Å². The molecule has 22 heavy (non-hydrogen) atoms. The predicted octanol–water partition coefficient (Wildman–Crippen LogP) is 2.51. The second kappa shape index (κ2) is 4.27. The lowest BCUT2D eigenvalue weighted by atomic mass is 9.76. The third-order valence-electron chi connectivity index (χ3n) is 5.81. The molecule has 0 radical (unpaired) electrons. The van der Waals surface area contributed by atoms with E-state index in [9.17, 15) is 0 Å². The van der Waals surface area contributed by atoms with Crippen LogP contribution in [0.15, 0.2) is 30.5 Å². The third-order valence-corrected chi connectivity index (χ3v) is 5.81. The van der Waals surface area contributed by atoms with E-state index in [4.69, 9.17) is 9.47 Å². The maximum absolute atomic E-state index is 5.40. The fraction of sp³-hybridized carbons (Fsp3) is 0.556. The van der Waals surface area contributed by atoms with Gasteiger partial charge in [-0.25, -0.2) is 0 Å². The van der Waals surface area contributed by atoms with E-state index in [-0.39, 0.29) is 0 Å². The molecule has 3 aliphatic rings. The number of nitrogens with zero attached hydrogens (tertiary/aromatic N) is 2. The monoisotopic (exact) mass is 298 g/mol. The molecule has 3 fully saturated rings. The molecule has 4 nitrogen and oxygen atoms in total. The molecule has 2 saturated heterocycles. The van der Waals surface area contributed by atoms with E-state index in [0.717, 1.165) is 25.5 Å². The summed E-state index contributed by atoms with van der Waals surface area (Å²) in [5.41, 5.74) is 2.24. The zero-order valence-corrected chi connectivity index (χ0v) is 13.0. The summed E-state index contributed by atoms with van der Waals surface area (Å²) in [4.78, 5) is 2.70. The van der Waals surface area contributed by atoms with Gasteiger partial charge in [-0.15, -0.1) is 0 Å². The highest BCUT2D eigenvalue weighted by Gasteiger charge is 2.59. The molecule has 2 aliphatic heterocycles. The van der Waals surface area contributed by atoms with Crippen LogP contribution in [0, 0.1) is 5.41 Å². The van der Waals surface area contributed by atoms with Crippen LogP contribution in [-0.4, -0.2) is 48.4 Å². The van der Waals surface area contributed by atoms with Crippen molar-refractivity contribution in [3.8, 4) is 5.75 Å². The van der Waals surface area contributed by atoms with Crippen LogP contribution < -0.4 is 4.74 Å². The number of hydrogen-bond donors (Lipinski definition) is 0. The summed E-state index contributed by atoms with van der Waals surface area (Å²) in [5, 5.41) is 1.27. The average molecular weight is 298 g/mol. The third kappa shape index (κ3) is 1.77. The Bertz CT molecular complexity index is 720. The van der Waals surface area contributed by atoms with Crippen LogP contribution in [0.4, 0.5) is 0 Å². The lowest BCUT2D eigenvalue weighted by Gasteiger charge is -2.58. The van der Waals surface area contributed by atoms with Gasteiger partial charge in [0.1, 0.15) is 5.75 Å². The Morgan fingerprint density at radius 3 is 2.64 bits per heavy atom. The normalized spacial score (nSPS) is 25.0. The first-order valence-corrected chi connectivity index (χ1v) is 8.18. The van der Waals surface area contributed by atoms with E-state index in [1.54, 1.807) is 7.11 Å². The summed E-state index contributed by atoms with van der Waals surface area (Å²) in [7, 11) is 1.72. The van der Waals surface area contributed by atoms with E-state index in [0.29, 0.717) is 11.0 Å². The molecule has 0 amide bonds. The van der Waals surface area contributed by atoms with Crippen molar-refractivity contribution in [3.63, 3.8) is 0 Å². The van der Waals surface area contributed by atoms with E-state index in [1.807, 2.05) is 0 Å². The topological polar surface area (TPSA) is 26.6 Å². The van der Waals surface area contributed by atoms with Crippen LogP contribution in [0.2, 0.25) is 0 Å². The van der Waals surface area contributed by atoms with Gasteiger partial charge in [-0.3, -0.25) is 4.90 Å². The molecule has 2 aromatic rings. The summed E-state index contributed by atoms with van der Waals surface area (Å²) < 4.78 is 13.1. The Kier molecular flexibility index (Phi) is 2.52. The van der Waals surface area contributed by atoms with Gasteiger partial charge in [-0.2, -0.15) is 0 Å². The second-order valence-electron chi connectivity index (χ2n) is 7.44. The molecule has 1 spiro atoms. The number of ether oxygens (including phenoxy) is 2. The van der Waals surface area contributed by atoms with Gasteiger partial charge in [-0.05, 0) is 37.1 Å². The van der Waals surface area contributed by atoms with Crippen molar-refractivity contribution in [2.45, 2.75) is 24.9 Å². The van der Waals surface area contributed by atoms with Gasteiger partial charge in [0.15, 0.2) is 0 Å². The van der Waals surface area contributed by atoms with Crippen LogP contribution in [0.5, 0.6) is 5.75 Å². The maximum atomic E-state index is 5.40. The fourth-order valence-corrected chi connectivity index (χ4v) is 4.15. The first-order valence-electron chi connectivity index (χ1n) is 8.18. The minimum absolute atomic E-state index is 0.409. The standard InChI is InChI=1S/C18H22N2O2/c1-21-15-2-3-16-14(8-15)4-7-19(16)11-18(5-6-18)20-9-17(10-20)12-22-13-17/h2-4,7-8H,5-6,9-13H2,1H3. The SMILES string of the molecule is COc1ccc2c(ccn2CC2(N3CC4(COC4)C3)CC2)c1. The molecular formula is C18H22N2O2. The van der Waals surface area contributed by atoms with Crippen molar-refractivity contribution in [3.05, 3.63) is 30.5 Å². The molecule has 1 saturated carbocycles. The van der Waals surface area contributed by atoms with Crippen molar-refractivity contribution in [2.75, 3.05) is 33.4 Å². The van der Waals surface area contributed by atoms with Crippen LogP contribution >= 0.6 is 0 Å². The van der Waals surface area contributed by atoms with Gasteiger partial charge >= 0.3 is 0 Å². The fourth-order valence-electron chi connectivity index (χ4n) is 4.15. The molecule has 1 aliphatic carbocycles. The molecule has 5 rings (SSSR count). The van der Waals surface area contributed by atoms with Crippen molar-refractivity contribution in [1.29, 1.82) is 0 Å². The second-order valence-corrected chi connectivity index (χ2v) is 7.44. The van der Waals surface area contributed by atoms with E-state index in [2.05, 4.69) is 39.9 Å². The van der Waals surface area contributed by atoms with Crippen LogP contribution in [0.25, 0.3) is 10.9 Å². The molecule has 3 heterocycles. The molecule has 1 aromatic carbocycles. The van der Waals surface area contributed by atoms with Gasteiger partial charge in [0.25, 0.3) is 0 Å². The molecule has 0 N–H and O–H groups in total. The lowest BCUT2D eigenvalue weighted by Crippen LogP contribution is -2.69. The van der Waals surface area contributed by atoms with Gasteiger partial charge in [0.05, 0.1) is 20.3 Å². The highest BCUT2D eigenvalue weighted by atomic mass is 16.5. The van der Waals surface area contributed by atoms with E-state index >= 15 is 0 Å². The average Bonchev–Trinajstić information content (AvgIpc) is 3.10. The summed E-state index contributed by atoms with van der Waals surface area (Å²) in [6.07, 6.45) is 4.89. The summed E-state index contributed by atoms with van der Waals surface area (Å²) in [6.45, 7) is 5.54. The number of fused-ring (bicyclic) bond motifs is 1. The Morgan fingerprint density at radius 1 is 1.18 bits per heavy atom. The molecule has 116 valence electrons. The highest BCUT2D eigenvalue weighted by Crippen LogP contribution is 2.51. The number of rotatable bonds is 4. The summed E-state index contributed by atoms with van der Waals surface area (Å²) >= 11 is 0. The van der Waals surface area contributed by atoms with Crippen LogP contribution in [0.3, 0.4) is 0 Å². The Hall–Kier alpha value is -1.52. The van der Waals surface area contributed by atoms with E-state index in [1.165, 1.54) is 36.8 Å². The highest BCUT2D eigenvalue weighted by molar-refractivity contribution is 5.81. The first kappa shape index (κ1) is 13.0. The molecule has 0 bridgehead atoms. The first-order chi connectivity index (χ1) is 10.7. The Labute approximate surface area is 130 Å². The Morgan fingerprint density at radius 2 is 2.00 bits per heavy atom. The van der Waals surface area contributed by atoms with Gasteiger partial charge in [0.2, 0.25) is 0 Å². The van der Waals surface area contributed by atoms with E-state index < -0.39 is 0 Å². The molecule has 0 atom stereocenters. The molecule has 4 heteroatoms. The summed E-state index contributed by atoms with van der Waals surface area (Å²) in [5.74, 6) is 0.932. The van der Waals surface area contributed by atoms with Crippen LogP contribution in [0.1, 0.15) is 12.8 Å². The maximum Gasteiger partial charge on any atom is 0.119 e. The zero-order valence-electron chi connectivity index (χ0n) is 13.0. The smallest absolute Gasteiger partial charge is 0.119 e.